The molecular formula is C11H18NO4P. The molecule has 17 heavy (non-hydrogen) atoms. The van der Waals surface area contributed by atoms with Crippen molar-refractivity contribution in [1.29, 1.82) is 0 Å². The second-order valence-electron chi connectivity index (χ2n) is 4.31. The zero-order valence-electron chi connectivity index (χ0n) is 9.82. The van der Waals surface area contributed by atoms with Crippen LogP contribution in [0.15, 0.2) is 24.3 Å². The van der Waals surface area contributed by atoms with Gasteiger partial charge in [0.15, 0.2) is 0 Å². The Morgan fingerprint density at radius 3 is 2.00 bits per heavy atom. The molecule has 0 amide bonds. The zero-order valence-corrected chi connectivity index (χ0v) is 10.7. The Morgan fingerprint density at radius 1 is 1.18 bits per heavy atom. The first-order valence-electron chi connectivity index (χ1n) is 5.33. The van der Waals surface area contributed by atoms with E-state index < -0.39 is 19.5 Å². The molecule has 2 atom stereocenters. The van der Waals surface area contributed by atoms with Crippen molar-refractivity contribution in [2.45, 2.75) is 31.7 Å². The Morgan fingerprint density at radius 2 is 1.65 bits per heavy atom. The van der Waals surface area contributed by atoms with Gasteiger partial charge >= 0.3 is 7.60 Å². The van der Waals surface area contributed by atoms with Gasteiger partial charge in [-0.05, 0) is 17.0 Å². The summed E-state index contributed by atoms with van der Waals surface area (Å²) in [5.41, 5.74) is 5.10. The lowest BCUT2D eigenvalue weighted by Crippen LogP contribution is -2.28. The fourth-order valence-electron chi connectivity index (χ4n) is 1.87. The summed E-state index contributed by atoms with van der Waals surface area (Å²) >= 11 is 0. The molecule has 1 aromatic carbocycles. The Labute approximate surface area is 100 Å². The summed E-state index contributed by atoms with van der Waals surface area (Å²) in [4.78, 5) is 18.6. The topological polar surface area (TPSA) is 104 Å². The van der Waals surface area contributed by atoms with Crippen molar-refractivity contribution in [2.75, 3.05) is 0 Å². The molecule has 5 nitrogen and oxygen atoms in total. The third-order valence-electron chi connectivity index (χ3n) is 2.62. The van der Waals surface area contributed by atoms with E-state index in [0.29, 0.717) is 5.56 Å². The zero-order chi connectivity index (χ0) is 13.2. The second kappa shape index (κ2) is 5.29. The standard InChI is InChI=1S/C11H18NO4P/c1-7(2)8-5-3-4-6-9(8)10(11(12)13)17(14,15)16/h3-7,10-11,13H,12H2,1-2H3,(H2,14,15,16). The molecule has 96 valence electrons. The second-order valence-corrected chi connectivity index (χ2v) is 6.04. The number of nitrogens with two attached hydrogens (primary N) is 1. The summed E-state index contributed by atoms with van der Waals surface area (Å²) in [5.74, 6) is 0.0963. The van der Waals surface area contributed by atoms with Gasteiger partial charge in [0.25, 0.3) is 0 Å². The molecule has 0 saturated heterocycles. The van der Waals surface area contributed by atoms with Crippen LogP contribution in [-0.4, -0.2) is 21.1 Å². The minimum Gasteiger partial charge on any atom is -0.377 e. The first kappa shape index (κ1) is 14.4. The molecule has 1 aromatic rings. The quantitative estimate of drug-likeness (QED) is 0.482. The first-order valence-corrected chi connectivity index (χ1v) is 7.01. The summed E-state index contributed by atoms with van der Waals surface area (Å²) < 4.78 is 11.4. The van der Waals surface area contributed by atoms with E-state index in [-0.39, 0.29) is 5.92 Å². The summed E-state index contributed by atoms with van der Waals surface area (Å²) in [6, 6.07) is 6.84. The number of benzene rings is 1. The van der Waals surface area contributed by atoms with E-state index in [1.807, 2.05) is 13.8 Å². The average molecular weight is 259 g/mol. The van der Waals surface area contributed by atoms with Gasteiger partial charge in [0, 0.05) is 0 Å². The highest BCUT2D eigenvalue weighted by Crippen LogP contribution is 2.54. The van der Waals surface area contributed by atoms with Gasteiger partial charge < -0.3 is 20.6 Å². The van der Waals surface area contributed by atoms with Crippen LogP contribution in [0.3, 0.4) is 0 Å². The summed E-state index contributed by atoms with van der Waals surface area (Å²) in [6.07, 6.45) is -1.59. The molecule has 0 aliphatic heterocycles. The Hall–Kier alpha value is -0.710. The van der Waals surface area contributed by atoms with Crippen molar-refractivity contribution in [3.63, 3.8) is 0 Å². The predicted octanol–water partition coefficient (Wildman–Crippen LogP) is 1.31. The predicted molar refractivity (Wildman–Crippen MR) is 65.5 cm³/mol. The molecule has 0 aromatic heterocycles. The van der Waals surface area contributed by atoms with Gasteiger partial charge in [-0.2, -0.15) is 0 Å². The van der Waals surface area contributed by atoms with Gasteiger partial charge in [0.2, 0.25) is 0 Å². The molecule has 5 N–H and O–H groups in total. The van der Waals surface area contributed by atoms with Crippen LogP contribution in [0.25, 0.3) is 0 Å². The SMILES string of the molecule is CC(C)c1ccccc1C(C(N)O)P(=O)(O)O. The number of aliphatic hydroxyl groups excluding tert-OH is 1. The van der Waals surface area contributed by atoms with E-state index in [1.165, 1.54) is 0 Å². The molecule has 0 saturated carbocycles. The van der Waals surface area contributed by atoms with E-state index in [4.69, 9.17) is 5.73 Å². The fraction of sp³-hybridized carbons (Fsp3) is 0.455. The third-order valence-corrected chi connectivity index (χ3v) is 3.93. The largest absolute Gasteiger partial charge is 0.377 e. The Balaban J connectivity index is 3.34. The minimum absolute atomic E-state index is 0.0963. The van der Waals surface area contributed by atoms with Crippen LogP contribution >= 0.6 is 7.60 Å². The van der Waals surface area contributed by atoms with E-state index in [9.17, 15) is 19.5 Å². The Kier molecular flexibility index (Phi) is 4.47. The van der Waals surface area contributed by atoms with Crippen LogP contribution in [0.2, 0.25) is 0 Å². The number of hydrogen-bond acceptors (Lipinski definition) is 3. The van der Waals surface area contributed by atoms with E-state index in [1.54, 1.807) is 24.3 Å². The smallest absolute Gasteiger partial charge is 0.336 e. The van der Waals surface area contributed by atoms with Crippen molar-refractivity contribution in [3.8, 4) is 0 Å². The lowest BCUT2D eigenvalue weighted by Gasteiger charge is -2.24. The monoisotopic (exact) mass is 259 g/mol. The van der Waals surface area contributed by atoms with Crippen LogP contribution in [0, 0.1) is 0 Å². The van der Waals surface area contributed by atoms with Crippen LogP contribution in [0.5, 0.6) is 0 Å². The van der Waals surface area contributed by atoms with Crippen molar-refractivity contribution in [1.82, 2.24) is 0 Å². The highest BCUT2D eigenvalue weighted by atomic mass is 31.2. The van der Waals surface area contributed by atoms with Gasteiger partial charge in [-0.3, -0.25) is 4.57 Å². The molecule has 0 bridgehead atoms. The number of aliphatic hydroxyl groups is 1. The minimum atomic E-state index is -4.50. The van der Waals surface area contributed by atoms with Crippen LogP contribution in [0.4, 0.5) is 0 Å². The molecule has 0 fully saturated rings. The maximum absolute atomic E-state index is 11.4. The van der Waals surface area contributed by atoms with Gasteiger partial charge in [-0.15, -0.1) is 0 Å². The molecule has 2 unspecified atom stereocenters. The molecule has 0 heterocycles. The molecule has 1 rings (SSSR count). The van der Waals surface area contributed by atoms with Crippen molar-refractivity contribution in [2.24, 2.45) is 5.73 Å². The lowest BCUT2D eigenvalue weighted by molar-refractivity contribution is 0.163. The van der Waals surface area contributed by atoms with Gasteiger partial charge in [0.1, 0.15) is 11.9 Å². The first-order chi connectivity index (χ1) is 7.75. The lowest BCUT2D eigenvalue weighted by atomic mass is 9.95. The maximum Gasteiger partial charge on any atom is 0.336 e. The third kappa shape index (κ3) is 3.37. The normalized spacial score (nSPS) is 15.9. The average Bonchev–Trinajstić information content (AvgIpc) is 2.15. The van der Waals surface area contributed by atoms with Crippen molar-refractivity contribution < 1.29 is 19.5 Å². The van der Waals surface area contributed by atoms with Gasteiger partial charge in [0.05, 0.1) is 0 Å². The van der Waals surface area contributed by atoms with Gasteiger partial charge in [-0.25, -0.2) is 0 Å². The highest BCUT2D eigenvalue weighted by Gasteiger charge is 2.36. The van der Waals surface area contributed by atoms with E-state index >= 15 is 0 Å². The van der Waals surface area contributed by atoms with Crippen molar-refractivity contribution >= 4 is 7.60 Å². The van der Waals surface area contributed by atoms with Crippen molar-refractivity contribution in [3.05, 3.63) is 35.4 Å². The van der Waals surface area contributed by atoms with E-state index in [0.717, 1.165) is 5.56 Å². The fourth-order valence-corrected chi connectivity index (χ4v) is 2.87. The van der Waals surface area contributed by atoms with Gasteiger partial charge in [-0.1, -0.05) is 38.1 Å². The molecule has 0 radical (unpaired) electrons. The summed E-state index contributed by atoms with van der Waals surface area (Å²) in [5, 5.41) is 9.39. The number of rotatable bonds is 4. The maximum atomic E-state index is 11.4. The molecule has 0 aliphatic carbocycles. The van der Waals surface area contributed by atoms with Crippen LogP contribution in [0.1, 0.15) is 36.6 Å². The van der Waals surface area contributed by atoms with Crippen LogP contribution < -0.4 is 5.73 Å². The molecular weight excluding hydrogens is 241 g/mol. The molecule has 0 aliphatic rings. The number of hydrogen-bond donors (Lipinski definition) is 4. The van der Waals surface area contributed by atoms with Crippen LogP contribution in [-0.2, 0) is 4.57 Å². The summed E-state index contributed by atoms with van der Waals surface area (Å²) in [6.45, 7) is 3.83. The highest BCUT2D eigenvalue weighted by molar-refractivity contribution is 7.52. The molecule has 6 heteroatoms. The molecule has 0 spiro atoms. The summed E-state index contributed by atoms with van der Waals surface area (Å²) in [7, 11) is -4.50. The van der Waals surface area contributed by atoms with E-state index in [2.05, 4.69) is 0 Å². The Bertz CT molecular complexity index is 427.